The largest absolute Gasteiger partial charge is 0.381 e. The van der Waals surface area contributed by atoms with Gasteiger partial charge in [0.1, 0.15) is 0 Å². The third-order valence-corrected chi connectivity index (χ3v) is 5.15. The number of nitrogens with zero attached hydrogens (tertiary/aromatic N) is 3. The average Bonchev–Trinajstić information content (AvgIpc) is 3.17. The number of halogens is 1. The number of unbranched alkanes of at least 4 members (excludes halogenated alkanes) is 1. The SMILES string of the molecule is CN=C(NCCCCN1CCN(C)CC1)NCCCOCC1CCOC1.I. The smallest absolute Gasteiger partial charge is 0.190 e. The minimum absolute atomic E-state index is 0. The molecule has 2 fully saturated rings. The van der Waals surface area contributed by atoms with E-state index in [4.69, 9.17) is 9.47 Å². The fourth-order valence-corrected chi connectivity index (χ4v) is 3.31. The highest BCUT2D eigenvalue weighted by molar-refractivity contribution is 14.0. The molecule has 0 aliphatic carbocycles. The lowest BCUT2D eigenvalue weighted by atomic mass is 10.1. The van der Waals surface area contributed by atoms with Gasteiger partial charge < -0.3 is 29.9 Å². The summed E-state index contributed by atoms with van der Waals surface area (Å²) in [7, 11) is 4.03. The number of nitrogens with one attached hydrogen (secondary N) is 2. The number of ether oxygens (including phenoxy) is 2. The van der Waals surface area contributed by atoms with Crippen LogP contribution >= 0.6 is 24.0 Å². The van der Waals surface area contributed by atoms with E-state index in [0.717, 1.165) is 58.3 Å². The van der Waals surface area contributed by atoms with Gasteiger partial charge in [-0.15, -0.1) is 24.0 Å². The van der Waals surface area contributed by atoms with Crippen LogP contribution in [-0.4, -0.2) is 102 Å². The zero-order chi connectivity index (χ0) is 18.5. The standard InChI is InChI=1S/C19H39N5O2.HI/c1-20-19(22-8-5-14-25-16-18-6-15-26-17-18)21-7-3-4-9-24-12-10-23(2)11-13-24;/h18H,3-17H2,1-2H3,(H2,20,21,22);1H. The molecule has 1 atom stereocenters. The van der Waals surface area contributed by atoms with Crippen molar-refractivity contribution in [1.29, 1.82) is 0 Å². The van der Waals surface area contributed by atoms with Gasteiger partial charge in [0, 0.05) is 65.4 Å². The first-order chi connectivity index (χ1) is 12.8. The van der Waals surface area contributed by atoms with E-state index in [1.807, 2.05) is 7.05 Å². The second-order valence-electron chi connectivity index (χ2n) is 7.44. The van der Waals surface area contributed by atoms with Gasteiger partial charge in [0.05, 0.1) is 13.2 Å². The molecule has 0 aromatic carbocycles. The molecule has 2 heterocycles. The van der Waals surface area contributed by atoms with E-state index in [1.165, 1.54) is 45.6 Å². The van der Waals surface area contributed by atoms with Crippen LogP contribution in [0.25, 0.3) is 0 Å². The third kappa shape index (κ3) is 11.4. The van der Waals surface area contributed by atoms with Gasteiger partial charge in [-0.25, -0.2) is 0 Å². The lowest BCUT2D eigenvalue weighted by Crippen LogP contribution is -2.44. The van der Waals surface area contributed by atoms with Crippen LogP contribution < -0.4 is 10.6 Å². The van der Waals surface area contributed by atoms with Crippen molar-refractivity contribution in [2.75, 3.05) is 86.3 Å². The molecule has 160 valence electrons. The molecule has 8 heteroatoms. The van der Waals surface area contributed by atoms with Crippen molar-refractivity contribution < 1.29 is 9.47 Å². The summed E-state index contributed by atoms with van der Waals surface area (Å²) >= 11 is 0. The van der Waals surface area contributed by atoms with Gasteiger partial charge in [-0.3, -0.25) is 4.99 Å². The second kappa shape index (κ2) is 15.7. The lowest BCUT2D eigenvalue weighted by Gasteiger charge is -2.32. The highest BCUT2D eigenvalue weighted by Crippen LogP contribution is 2.12. The Morgan fingerprint density at radius 2 is 1.85 bits per heavy atom. The number of hydrogen-bond acceptors (Lipinski definition) is 5. The molecule has 0 aromatic rings. The van der Waals surface area contributed by atoms with E-state index in [2.05, 4.69) is 32.5 Å². The van der Waals surface area contributed by atoms with E-state index in [9.17, 15) is 0 Å². The molecule has 0 amide bonds. The Hall–Kier alpha value is -0.160. The quantitative estimate of drug-likeness (QED) is 0.194. The molecule has 0 aromatic heterocycles. The van der Waals surface area contributed by atoms with Gasteiger partial charge >= 0.3 is 0 Å². The maximum Gasteiger partial charge on any atom is 0.190 e. The van der Waals surface area contributed by atoms with Crippen molar-refractivity contribution in [1.82, 2.24) is 20.4 Å². The molecular weight excluding hydrogens is 457 g/mol. The maximum absolute atomic E-state index is 5.72. The summed E-state index contributed by atoms with van der Waals surface area (Å²) in [5.41, 5.74) is 0. The third-order valence-electron chi connectivity index (χ3n) is 5.15. The van der Waals surface area contributed by atoms with E-state index in [1.54, 1.807) is 0 Å². The lowest BCUT2D eigenvalue weighted by molar-refractivity contribution is 0.0888. The molecule has 2 saturated heterocycles. The molecule has 0 spiro atoms. The van der Waals surface area contributed by atoms with Gasteiger partial charge in [-0.1, -0.05) is 0 Å². The highest BCUT2D eigenvalue weighted by atomic mass is 127. The van der Waals surface area contributed by atoms with Crippen molar-refractivity contribution in [2.24, 2.45) is 10.9 Å². The summed E-state index contributed by atoms with van der Waals surface area (Å²) < 4.78 is 11.1. The van der Waals surface area contributed by atoms with Gasteiger partial charge in [-0.05, 0) is 39.3 Å². The monoisotopic (exact) mass is 497 g/mol. The Morgan fingerprint density at radius 3 is 2.52 bits per heavy atom. The molecule has 2 N–H and O–H groups in total. The van der Waals surface area contributed by atoms with Crippen molar-refractivity contribution >= 4 is 29.9 Å². The molecule has 0 bridgehead atoms. The average molecular weight is 497 g/mol. The van der Waals surface area contributed by atoms with Crippen molar-refractivity contribution in [2.45, 2.75) is 25.7 Å². The predicted molar refractivity (Wildman–Crippen MR) is 122 cm³/mol. The van der Waals surface area contributed by atoms with Crippen LogP contribution in [0.1, 0.15) is 25.7 Å². The molecular formula is C19H40IN5O2. The Morgan fingerprint density at radius 1 is 1.11 bits per heavy atom. The molecule has 0 radical (unpaired) electrons. The van der Waals surface area contributed by atoms with Gasteiger partial charge in [0.2, 0.25) is 0 Å². The van der Waals surface area contributed by atoms with Crippen LogP contribution in [0.15, 0.2) is 4.99 Å². The zero-order valence-corrected chi connectivity index (χ0v) is 19.6. The normalized spacial score (nSPS) is 21.9. The number of aliphatic imine (C=N–C) groups is 1. The highest BCUT2D eigenvalue weighted by Gasteiger charge is 2.15. The van der Waals surface area contributed by atoms with Gasteiger partial charge in [0.25, 0.3) is 0 Å². The first-order valence-electron chi connectivity index (χ1n) is 10.3. The summed E-state index contributed by atoms with van der Waals surface area (Å²) in [5, 5.41) is 6.77. The Bertz CT molecular complexity index is 386. The molecule has 27 heavy (non-hydrogen) atoms. The number of piperazine rings is 1. The first kappa shape index (κ1) is 24.9. The number of guanidine groups is 1. The molecule has 2 rings (SSSR count). The van der Waals surface area contributed by atoms with Crippen LogP contribution in [0.3, 0.4) is 0 Å². The van der Waals surface area contributed by atoms with Gasteiger partial charge in [-0.2, -0.15) is 0 Å². The second-order valence-corrected chi connectivity index (χ2v) is 7.44. The van der Waals surface area contributed by atoms with Gasteiger partial charge in [0.15, 0.2) is 5.96 Å². The summed E-state index contributed by atoms with van der Waals surface area (Å²) in [6.07, 6.45) is 4.56. The minimum atomic E-state index is 0. The van der Waals surface area contributed by atoms with Crippen LogP contribution in [0.5, 0.6) is 0 Å². The van der Waals surface area contributed by atoms with E-state index in [0.29, 0.717) is 5.92 Å². The summed E-state index contributed by atoms with van der Waals surface area (Å²) in [4.78, 5) is 9.26. The van der Waals surface area contributed by atoms with Crippen molar-refractivity contribution in [3.05, 3.63) is 0 Å². The Kier molecular flexibility index (Phi) is 14.5. The molecule has 0 saturated carbocycles. The predicted octanol–water partition coefficient (Wildman–Crippen LogP) is 1.24. The van der Waals surface area contributed by atoms with E-state index in [-0.39, 0.29) is 24.0 Å². The Balaban J connectivity index is 0.00000364. The Labute approximate surface area is 182 Å². The van der Waals surface area contributed by atoms with Crippen LogP contribution in [0.2, 0.25) is 0 Å². The van der Waals surface area contributed by atoms with Crippen LogP contribution in [0, 0.1) is 5.92 Å². The summed E-state index contributed by atoms with van der Waals surface area (Å²) in [5.74, 6) is 1.50. The number of hydrogen-bond donors (Lipinski definition) is 2. The zero-order valence-electron chi connectivity index (χ0n) is 17.3. The van der Waals surface area contributed by atoms with Crippen molar-refractivity contribution in [3.63, 3.8) is 0 Å². The number of rotatable bonds is 11. The molecule has 7 nitrogen and oxygen atoms in total. The van der Waals surface area contributed by atoms with Crippen molar-refractivity contribution in [3.8, 4) is 0 Å². The van der Waals surface area contributed by atoms with E-state index >= 15 is 0 Å². The summed E-state index contributed by atoms with van der Waals surface area (Å²) in [6.45, 7) is 11.3. The molecule has 2 aliphatic rings. The fraction of sp³-hybridized carbons (Fsp3) is 0.947. The van der Waals surface area contributed by atoms with E-state index < -0.39 is 0 Å². The number of likely N-dealkylation sites (N-methyl/N-ethyl adjacent to an activating group) is 1. The molecule has 2 aliphatic heterocycles. The van der Waals surface area contributed by atoms with Crippen LogP contribution in [-0.2, 0) is 9.47 Å². The fourth-order valence-electron chi connectivity index (χ4n) is 3.31. The van der Waals surface area contributed by atoms with Crippen LogP contribution in [0.4, 0.5) is 0 Å². The summed E-state index contributed by atoms with van der Waals surface area (Å²) in [6, 6.07) is 0. The topological polar surface area (TPSA) is 61.4 Å². The first-order valence-corrected chi connectivity index (χ1v) is 10.3. The molecule has 1 unspecified atom stereocenters. The minimum Gasteiger partial charge on any atom is -0.381 e. The maximum atomic E-state index is 5.72.